The number of rotatable bonds is 3. The van der Waals surface area contributed by atoms with E-state index in [1.807, 2.05) is 0 Å². The molecule has 0 radical (unpaired) electrons. The molecule has 2 heteroatoms. The van der Waals surface area contributed by atoms with Gasteiger partial charge in [0.25, 0.3) is 0 Å². The third kappa shape index (κ3) is 4.05. The number of hydrogen-bond acceptors (Lipinski definition) is 2. The lowest BCUT2D eigenvalue weighted by Crippen LogP contribution is -2.09. The van der Waals surface area contributed by atoms with Crippen molar-refractivity contribution in [3.8, 4) is 0 Å². The zero-order chi connectivity index (χ0) is 4.83. The monoisotopic (exact) mass is 103 g/mol. The van der Waals surface area contributed by atoms with Crippen molar-refractivity contribution in [2.75, 3.05) is 12.4 Å². The average Bonchev–Trinajstić information content (AvgIpc) is 1.61. The van der Waals surface area contributed by atoms with Crippen LogP contribution in [0.1, 0.15) is 0 Å². The fourth-order valence-electron chi connectivity index (χ4n) is 0.167. The molecule has 0 aliphatic heterocycles. The Labute approximate surface area is 43.8 Å². The normalized spacial score (nSPS) is 8.17. The first-order valence-corrected chi connectivity index (χ1v) is 2.47. The molecular weight excluding hydrogens is 94.1 g/mol. The summed E-state index contributed by atoms with van der Waals surface area (Å²) in [5.74, 6) is 0.728. The third-order valence-electron chi connectivity index (χ3n) is 0.400. The maximum Gasteiger partial charge on any atom is 0.0389 e. The van der Waals surface area contributed by atoms with Gasteiger partial charge in [0.2, 0.25) is 0 Å². The zero-order valence-corrected chi connectivity index (χ0v) is 4.54. The first-order chi connectivity index (χ1) is 2.91. The van der Waals surface area contributed by atoms with E-state index in [-0.39, 0.29) is 0 Å². The molecule has 0 aromatic carbocycles. The van der Waals surface area contributed by atoms with Gasteiger partial charge in [-0.25, -0.2) is 0 Å². The molecule has 0 spiro atoms. The second kappa shape index (κ2) is 5.05. The topological polar surface area (TPSA) is 12.0 Å². The second-order valence-corrected chi connectivity index (χ2v) is 1.22. The van der Waals surface area contributed by atoms with Crippen molar-refractivity contribution in [2.24, 2.45) is 0 Å². The van der Waals surface area contributed by atoms with E-state index in [4.69, 9.17) is 0 Å². The van der Waals surface area contributed by atoms with E-state index >= 15 is 0 Å². The summed E-state index contributed by atoms with van der Waals surface area (Å²) in [6.45, 7) is 4.35. The van der Waals surface area contributed by atoms with Crippen LogP contribution < -0.4 is 5.32 Å². The van der Waals surface area contributed by atoms with Gasteiger partial charge in [-0.05, 0) is 0 Å². The Morgan fingerprint density at radius 2 is 2.50 bits per heavy atom. The zero-order valence-electron chi connectivity index (χ0n) is 3.65. The number of thiol groups is 1. The largest absolute Gasteiger partial charge is 0.305 e. The smallest absolute Gasteiger partial charge is 0.0389 e. The Kier molecular flexibility index (Phi) is 5.09. The standard InChI is InChI=1S/C4H9NS/c1-2-3-5-4-6/h2,5-6H,1,3-4H2. The summed E-state index contributed by atoms with van der Waals surface area (Å²) >= 11 is 3.90. The van der Waals surface area contributed by atoms with Crippen LogP contribution in [0.4, 0.5) is 0 Å². The molecule has 0 unspecified atom stereocenters. The first kappa shape index (κ1) is 6.05. The lowest BCUT2D eigenvalue weighted by atomic mass is 10.6. The number of nitrogens with one attached hydrogen (secondary N) is 1. The average molecular weight is 103 g/mol. The van der Waals surface area contributed by atoms with Crippen LogP contribution >= 0.6 is 12.6 Å². The van der Waals surface area contributed by atoms with Gasteiger partial charge >= 0.3 is 0 Å². The van der Waals surface area contributed by atoms with Crippen molar-refractivity contribution in [1.29, 1.82) is 0 Å². The minimum absolute atomic E-state index is 0.728. The Morgan fingerprint density at radius 1 is 1.83 bits per heavy atom. The summed E-state index contributed by atoms with van der Waals surface area (Å²) in [6.07, 6.45) is 1.80. The van der Waals surface area contributed by atoms with E-state index in [1.165, 1.54) is 0 Å². The highest BCUT2D eigenvalue weighted by Gasteiger charge is 1.67. The van der Waals surface area contributed by atoms with E-state index in [9.17, 15) is 0 Å². The highest BCUT2D eigenvalue weighted by atomic mass is 32.1. The quantitative estimate of drug-likeness (QED) is 0.231. The maximum atomic E-state index is 3.90. The van der Waals surface area contributed by atoms with Gasteiger partial charge in [0.05, 0.1) is 0 Å². The summed E-state index contributed by atoms with van der Waals surface area (Å²) in [5.41, 5.74) is 0. The van der Waals surface area contributed by atoms with Crippen LogP contribution in [0.25, 0.3) is 0 Å². The molecule has 0 rings (SSSR count). The molecule has 0 heterocycles. The molecule has 0 fully saturated rings. The Balaban J connectivity index is 2.49. The summed E-state index contributed by atoms with van der Waals surface area (Å²) in [5, 5.41) is 2.94. The van der Waals surface area contributed by atoms with E-state index in [0.717, 1.165) is 12.4 Å². The summed E-state index contributed by atoms with van der Waals surface area (Å²) in [7, 11) is 0. The minimum atomic E-state index is 0.728. The van der Waals surface area contributed by atoms with Crippen LogP contribution in [0.15, 0.2) is 12.7 Å². The van der Waals surface area contributed by atoms with Gasteiger partial charge in [0.15, 0.2) is 0 Å². The fraction of sp³-hybridized carbons (Fsp3) is 0.500. The van der Waals surface area contributed by atoms with Crippen LogP contribution in [0.2, 0.25) is 0 Å². The van der Waals surface area contributed by atoms with Gasteiger partial charge in [-0.3, -0.25) is 0 Å². The van der Waals surface area contributed by atoms with Crippen LogP contribution in [-0.2, 0) is 0 Å². The van der Waals surface area contributed by atoms with Crippen LogP contribution in [0.3, 0.4) is 0 Å². The van der Waals surface area contributed by atoms with Gasteiger partial charge in [0, 0.05) is 12.4 Å². The molecule has 0 atom stereocenters. The molecule has 0 saturated heterocycles. The molecule has 0 saturated carbocycles. The fourth-order valence-corrected chi connectivity index (χ4v) is 0.296. The lowest BCUT2D eigenvalue weighted by Gasteiger charge is -1.87. The Hall–Kier alpha value is 0.0500. The van der Waals surface area contributed by atoms with Crippen LogP contribution in [-0.4, -0.2) is 12.4 Å². The highest BCUT2D eigenvalue weighted by molar-refractivity contribution is 7.80. The van der Waals surface area contributed by atoms with Crippen LogP contribution in [0.5, 0.6) is 0 Å². The molecular formula is C4H9NS. The number of hydrogen-bond donors (Lipinski definition) is 2. The van der Waals surface area contributed by atoms with Crippen molar-refractivity contribution >= 4 is 12.6 Å². The van der Waals surface area contributed by atoms with Crippen molar-refractivity contribution in [3.63, 3.8) is 0 Å². The lowest BCUT2D eigenvalue weighted by molar-refractivity contribution is 0.896. The summed E-state index contributed by atoms with van der Waals surface area (Å²) in [4.78, 5) is 0. The van der Waals surface area contributed by atoms with Gasteiger partial charge in [0.1, 0.15) is 0 Å². The molecule has 6 heavy (non-hydrogen) atoms. The molecule has 0 aromatic heterocycles. The maximum absolute atomic E-state index is 3.90. The molecule has 0 aliphatic rings. The molecule has 0 aliphatic carbocycles. The predicted molar refractivity (Wildman–Crippen MR) is 32.1 cm³/mol. The third-order valence-corrected chi connectivity index (χ3v) is 0.624. The SMILES string of the molecule is C=CCNCS. The molecule has 1 N–H and O–H groups in total. The van der Waals surface area contributed by atoms with Gasteiger partial charge in [-0.2, -0.15) is 12.6 Å². The predicted octanol–water partition coefficient (Wildman–Crippen LogP) is 0.649. The minimum Gasteiger partial charge on any atom is -0.305 e. The van der Waals surface area contributed by atoms with Crippen LogP contribution in [0, 0.1) is 0 Å². The van der Waals surface area contributed by atoms with E-state index in [2.05, 4.69) is 24.5 Å². The van der Waals surface area contributed by atoms with Gasteiger partial charge in [-0.1, -0.05) is 6.08 Å². The Morgan fingerprint density at radius 3 is 2.67 bits per heavy atom. The van der Waals surface area contributed by atoms with Crippen molar-refractivity contribution in [1.82, 2.24) is 5.32 Å². The molecule has 0 bridgehead atoms. The van der Waals surface area contributed by atoms with Gasteiger partial charge in [-0.15, -0.1) is 6.58 Å². The molecule has 0 amide bonds. The highest BCUT2D eigenvalue weighted by Crippen LogP contribution is 1.62. The van der Waals surface area contributed by atoms with Crippen molar-refractivity contribution < 1.29 is 0 Å². The van der Waals surface area contributed by atoms with E-state index in [1.54, 1.807) is 6.08 Å². The Bertz CT molecular complexity index is 36.5. The second-order valence-electron chi connectivity index (χ2n) is 0.901. The van der Waals surface area contributed by atoms with Gasteiger partial charge < -0.3 is 5.32 Å². The summed E-state index contributed by atoms with van der Waals surface area (Å²) in [6, 6.07) is 0. The van der Waals surface area contributed by atoms with Crippen molar-refractivity contribution in [3.05, 3.63) is 12.7 Å². The first-order valence-electron chi connectivity index (χ1n) is 1.84. The van der Waals surface area contributed by atoms with E-state index < -0.39 is 0 Å². The molecule has 0 aromatic rings. The summed E-state index contributed by atoms with van der Waals surface area (Å²) < 4.78 is 0. The van der Waals surface area contributed by atoms with Crippen molar-refractivity contribution in [2.45, 2.75) is 0 Å². The molecule has 36 valence electrons. The van der Waals surface area contributed by atoms with E-state index in [0.29, 0.717) is 0 Å². The molecule has 1 nitrogen and oxygen atoms in total.